The number of rotatable bonds is 6. The number of hydrogen-bond donors (Lipinski definition) is 3. The Morgan fingerprint density at radius 1 is 1.00 bits per heavy atom. The number of anilines is 1. The molecular weight excluding hydrogens is 464 g/mol. The molecule has 190 valence electrons. The molecular formula is C27H30N2O7. The third kappa shape index (κ3) is 4.49. The molecule has 0 bridgehead atoms. The molecule has 0 aromatic heterocycles. The van der Waals surface area contributed by atoms with Crippen LogP contribution in [0.2, 0.25) is 0 Å². The molecule has 4 atom stereocenters. The van der Waals surface area contributed by atoms with E-state index in [1.807, 2.05) is 12.1 Å². The van der Waals surface area contributed by atoms with Crippen LogP contribution >= 0.6 is 0 Å². The van der Waals surface area contributed by atoms with E-state index in [2.05, 4.69) is 10.6 Å². The fourth-order valence-corrected chi connectivity index (χ4v) is 5.77. The minimum absolute atomic E-state index is 0.00841. The predicted molar refractivity (Wildman–Crippen MR) is 129 cm³/mol. The zero-order valence-electron chi connectivity index (χ0n) is 19.9. The van der Waals surface area contributed by atoms with E-state index >= 15 is 0 Å². The van der Waals surface area contributed by atoms with Crippen molar-refractivity contribution in [3.63, 3.8) is 0 Å². The summed E-state index contributed by atoms with van der Waals surface area (Å²) in [5, 5.41) is 16.1. The van der Waals surface area contributed by atoms with Crippen LogP contribution in [0.1, 0.15) is 60.4 Å². The molecule has 9 heteroatoms. The lowest BCUT2D eigenvalue weighted by molar-refractivity contribution is -0.142. The molecule has 3 aliphatic heterocycles. The number of hydrogen-bond acceptors (Lipinski definition) is 7. The van der Waals surface area contributed by atoms with Crippen molar-refractivity contribution in [1.29, 1.82) is 0 Å². The van der Waals surface area contributed by atoms with Crippen molar-refractivity contribution in [2.45, 2.75) is 68.8 Å². The molecule has 0 unspecified atom stereocenters. The summed E-state index contributed by atoms with van der Waals surface area (Å²) in [4.78, 5) is 25.5. The van der Waals surface area contributed by atoms with Gasteiger partial charge in [-0.25, -0.2) is 0 Å². The van der Waals surface area contributed by atoms with Gasteiger partial charge in [0.1, 0.15) is 18.0 Å². The highest BCUT2D eigenvalue weighted by molar-refractivity contribution is 6.04. The molecule has 1 aliphatic carbocycles. The molecule has 2 aromatic carbocycles. The van der Waals surface area contributed by atoms with Crippen LogP contribution in [0.25, 0.3) is 0 Å². The Balaban J connectivity index is 1.16. The van der Waals surface area contributed by atoms with Crippen LogP contribution in [0.5, 0.6) is 17.2 Å². The van der Waals surface area contributed by atoms with E-state index in [0.717, 1.165) is 31.2 Å². The van der Waals surface area contributed by atoms with Crippen LogP contribution in [0.4, 0.5) is 5.69 Å². The molecule has 3 N–H and O–H groups in total. The summed E-state index contributed by atoms with van der Waals surface area (Å²) >= 11 is 0. The fraction of sp³-hybridized carbons (Fsp3) is 0.481. The molecule has 2 amide bonds. The Labute approximate surface area is 209 Å². The summed E-state index contributed by atoms with van der Waals surface area (Å²) in [6.07, 6.45) is 4.06. The van der Waals surface area contributed by atoms with Gasteiger partial charge >= 0.3 is 0 Å². The van der Waals surface area contributed by atoms with Crippen LogP contribution in [0.3, 0.4) is 0 Å². The van der Waals surface area contributed by atoms with Crippen LogP contribution in [0, 0.1) is 0 Å². The molecule has 6 rings (SSSR count). The van der Waals surface area contributed by atoms with E-state index < -0.39 is 6.10 Å². The first-order valence-electron chi connectivity index (χ1n) is 12.6. The lowest BCUT2D eigenvalue weighted by Crippen LogP contribution is -2.47. The van der Waals surface area contributed by atoms with Crippen LogP contribution in [0.15, 0.2) is 36.4 Å². The fourth-order valence-electron chi connectivity index (χ4n) is 5.77. The van der Waals surface area contributed by atoms with E-state index in [4.69, 9.17) is 18.9 Å². The van der Waals surface area contributed by atoms with E-state index in [-0.39, 0.29) is 55.8 Å². The van der Waals surface area contributed by atoms with E-state index in [0.29, 0.717) is 34.9 Å². The first-order chi connectivity index (χ1) is 17.6. The highest BCUT2D eigenvalue weighted by atomic mass is 16.7. The van der Waals surface area contributed by atoms with E-state index in [9.17, 15) is 14.7 Å². The molecule has 0 radical (unpaired) electrons. The zero-order valence-corrected chi connectivity index (χ0v) is 19.9. The zero-order chi connectivity index (χ0) is 24.6. The summed E-state index contributed by atoms with van der Waals surface area (Å²) < 4.78 is 22.9. The monoisotopic (exact) mass is 494 g/mol. The maximum absolute atomic E-state index is 12.9. The summed E-state index contributed by atoms with van der Waals surface area (Å²) in [6, 6.07) is 10.9. The number of carbonyl (C=O) groups excluding carboxylic acids is 2. The quantitative estimate of drug-likeness (QED) is 0.565. The van der Waals surface area contributed by atoms with Crippen LogP contribution < -0.4 is 24.8 Å². The van der Waals surface area contributed by atoms with Crippen molar-refractivity contribution in [2.24, 2.45) is 0 Å². The summed E-state index contributed by atoms with van der Waals surface area (Å²) in [7, 11) is 0. The van der Waals surface area contributed by atoms with Gasteiger partial charge in [0.2, 0.25) is 12.7 Å². The van der Waals surface area contributed by atoms with Crippen LogP contribution in [-0.2, 0) is 9.53 Å². The molecule has 1 saturated carbocycles. The lowest BCUT2D eigenvalue weighted by Gasteiger charge is -2.37. The Morgan fingerprint density at radius 3 is 2.64 bits per heavy atom. The molecule has 1 saturated heterocycles. The van der Waals surface area contributed by atoms with E-state index in [1.54, 1.807) is 24.3 Å². The Hall–Kier alpha value is -3.30. The topological polar surface area (TPSA) is 115 Å². The normalized spacial score (nSPS) is 26.1. The number of fused-ring (bicyclic) bond motifs is 4. The number of aliphatic hydroxyl groups excluding tert-OH is 1. The van der Waals surface area contributed by atoms with Crippen molar-refractivity contribution < 1.29 is 33.6 Å². The number of aliphatic hydroxyl groups is 1. The molecule has 36 heavy (non-hydrogen) atoms. The van der Waals surface area contributed by atoms with Gasteiger partial charge in [-0.05, 0) is 55.7 Å². The Bertz CT molecular complexity index is 1160. The maximum Gasteiger partial charge on any atom is 0.255 e. The highest BCUT2D eigenvalue weighted by Gasteiger charge is 2.46. The minimum atomic E-state index is -0.521. The first-order valence-corrected chi connectivity index (χ1v) is 12.6. The van der Waals surface area contributed by atoms with E-state index in [1.165, 1.54) is 0 Å². The molecule has 2 aromatic rings. The van der Waals surface area contributed by atoms with Crippen molar-refractivity contribution in [2.75, 3.05) is 18.7 Å². The average Bonchev–Trinajstić information content (AvgIpc) is 3.63. The Morgan fingerprint density at radius 2 is 1.81 bits per heavy atom. The molecule has 0 spiro atoms. The van der Waals surface area contributed by atoms with Crippen molar-refractivity contribution in [3.05, 3.63) is 47.5 Å². The third-order valence-electron chi connectivity index (χ3n) is 7.53. The SMILES string of the molecule is O=C(C[C@@H]1C[C@@H]2c3cc(NC(=O)c4ccc5c(c4)OCO5)ccc3O[C@@H]2[C@H](CO)O1)NC1CCCC1. The largest absolute Gasteiger partial charge is 0.487 e. The standard InChI is InChI=1S/C27H30N2O7/c30-13-24-26-20(11-18(35-24)12-25(31)28-16-3-1-2-4-16)19-10-17(6-8-21(19)36-26)29-27(32)15-5-7-22-23(9-15)34-14-33-22/h5-10,16,18,20,24,26,30H,1-4,11-14H2,(H,28,31)(H,29,32)/t18-,20+,24-,26-/m0/s1. The average molecular weight is 495 g/mol. The van der Waals surface area contributed by atoms with Gasteiger partial charge in [0, 0.05) is 28.8 Å². The summed E-state index contributed by atoms with van der Waals surface area (Å²) in [5.74, 6) is 1.57. The maximum atomic E-state index is 12.9. The third-order valence-corrected chi connectivity index (χ3v) is 7.53. The number of nitrogens with one attached hydrogen (secondary N) is 2. The van der Waals surface area contributed by atoms with Crippen molar-refractivity contribution >= 4 is 17.5 Å². The van der Waals surface area contributed by atoms with Gasteiger partial charge in [-0.1, -0.05) is 12.8 Å². The molecule has 3 heterocycles. The predicted octanol–water partition coefficient (Wildman–Crippen LogP) is 3.11. The summed E-state index contributed by atoms with van der Waals surface area (Å²) in [6.45, 7) is -0.0425. The molecule has 2 fully saturated rings. The highest BCUT2D eigenvalue weighted by Crippen LogP contribution is 2.47. The van der Waals surface area contributed by atoms with Gasteiger partial charge in [0.05, 0.1) is 19.1 Å². The van der Waals surface area contributed by atoms with Crippen molar-refractivity contribution in [1.82, 2.24) is 5.32 Å². The second-order valence-corrected chi connectivity index (χ2v) is 9.93. The smallest absolute Gasteiger partial charge is 0.255 e. The van der Waals surface area contributed by atoms with Gasteiger partial charge in [0.25, 0.3) is 5.91 Å². The second-order valence-electron chi connectivity index (χ2n) is 9.93. The van der Waals surface area contributed by atoms with Crippen LogP contribution in [-0.4, -0.2) is 54.7 Å². The van der Waals surface area contributed by atoms with Gasteiger partial charge < -0.3 is 34.7 Å². The second kappa shape index (κ2) is 9.63. The molecule has 9 nitrogen and oxygen atoms in total. The number of benzene rings is 2. The minimum Gasteiger partial charge on any atom is -0.487 e. The van der Waals surface area contributed by atoms with Gasteiger partial charge in [-0.15, -0.1) is 0 Å². The first kappa shape index (κ1) is 23.1. The number of carbonyl (C=O) groups is 2. The van der Waals surface area contributed by atoms with Crippen molar-refractivity contribution in [3.8, 4) is 17.2 Å². The summed E-state index contributed by atoms with van der Waals surface area (Å²) in [5.41, 5.74) is 2.06. The lowest BCUT2D eigenvalue weighted by atomic mass is 9.84. The number of ether oxygens (including phenoxy) is 4. The van der Waals surface area contributed by atoms with Gasteiger partial charge in [0.15, 0.2) is 11.5 Å². The molecule has 4 aliphatic rings. The Kier molecular flexibility index (Phi) is 6.18. The number of amides is 2. The van der Waals surface area contributed by atoms with Gasteiger partial charge in [-0.2, -0.15) is 0 Å². The van der Waals surface area contributed by atoms with Gasteiger partial charge in [-0.3, -0.25) is 9.59 Å².